The van der Waals surface area contributed by atoms with E-state index in [4.69, 9.17) is 9.47 Å². The zero-order valence-corrected chi connectivity index (χ0v) is 14.7. The molecule has 0 N–H and O–H groups in total. The number of benzene rings is 1. The van der Waals surface area contributed by atoms with E-state index in [0.717, 1.165) is 5.56 Å². The lowest BCUT2D eigenvalue weighted by Gasteiger charge is -2.31. The first-order valence-corrected chi connectivity index (χ1v) is 7.96. The van der Waals surface area contributed by atoms with Crippen LogP contribution in [0, 0.1) is 5.92 Å². The Balaban J connectivity index is 2.60. The van der Waals surface area contributed by atoms with Crippen LogP contribution < -0.4 is 0 Å². The number of carbonyl (C=O) groups excluding carboxylic acids is 2. The number of aliphatic imine (C=N–C) groups is 1. The molecule has 128 valence electrons. The summed E-state index contributed by atoms with van der Waals surface area (Å²) >= 11 is 0. The van der Waals surface area contributed by atoms with E-state index in [1.807, 2.05) is 30.3 Å². The molecule has 5 heteroatoms. The zero-order valence-electron chi connectivity index (χ0n) is 14.7. The molecule has 2 unspecified atom stereocenters. The fraction of sp³-hybridized carbons (Fsp3) is 0.421. The van der Waals surface area contributed by atoms with Gasteiger partial charge in [0, 0.05) is 17.3 Å². The van der Waals surface area contributed by atoms with E-state index in [2.05, 4.69) is 4.99 Å². The molecule has 5 nitrogen and oxygen atoms in total. The molecule has 1 aromatic carbocycles. The fourth-order valence-electron chi connectivity index (χ4n) is 3.03. The minimum absolute atomic E-state index is 0.252. The zero-order chi connectivity index (χ0) is 17.9. The third kappa shape index (κ3) is 3.55. The van der Waals surface area contributed by atoms with Crippen LogP contribution in [0.2, 0.25) is 0 Å². The summed E-state index contributed by atoms with van der Waals surface area (Å²) in [4.78, 5) is 29.5. The number of hydrogen-bond acceptors (Lipinski definition) is 5. The van der Waals surface area contributed by atoms with E-state index in [0.29, 0.717) is 17.0 Å². The number of hydrogen-bond donors (Lipinski definition) is 0. The topological polar surface area (TPSA) is 65.0 Å². The quantitative estimate of drug-likeness (QED) is 0.795. The molecule has 1 aromatic rings. The summed E-state index contributed by atoms with van der Waals surface area (Å²) in [6.45, 7) is 7.14. The van der Waals surface area contributed by atoms with Gasteiger partial charge in [-0.1, -0.05) is 30.3 Å². The maximum absolute atomic E-state index is 12.7. The first-order chi connectivity index (χ1) is 11.4. The van der Waals surface area contributed by atoms with Crippen molar-refractivity contribution in [2.45, 2.75) is 39.7 Å². The smallest absolute Gasteiger partial charge is 0.336 e. The maximum Gasteiger partial charge on any atom is 0.336 e. The highest BCUT2D eigenvalue weighted by molar-refractivity contribution is 6.06. The predicted octanol–water partition coefficient (Wildman–Crippen LogP) is 3.26. The van der Waals surface area contributed by atoms with E-state index >= 15 is 0 Å². The summed E-state index contributed by atoms with van der Waals surface area (Å²) in [6, 6.07) is 9.45. The van der Waals surface area contributed by atoms with E-state index in [-0.39, 0.29) is 6.10 Å². The number of ether oxygens (including phenoxy) is 2. The first-order valence-electron chi connectivity index (χ1n) is 7.96. The Bertz CT molecular complexity index is 689. The summed E-state index contributed by atoms with van der Waals surface area (Å²) in [5, 5.41) is 0. The molecule has 2 rings (SSSR count). The molecule has 0 amide bonds. The van der Waals surface area contributed by atoms with Crippen molar-refractivity contribution in [3.05, 3.63) is 47.2 Å². The Morgan fingerprint density at radius 3 is 2.29 bits per heavy atom. The van der Waals surface area contributed by atoms with Gasteiger partial charge in [0.15, 0.2) is 0 Å². The van der Waals surface area contributed by atoms with Crippen molar-refractivity contribution < 1.29 is 19.1 Å². The average molecular weight is 329 g/mol. The van der Waals surface area contributed by atoms with Crippen molar-refractivity contribution in [3.63, 3.8) is 0 Å². The molecule has 1 heterocycles. The largest absolute Gasteiger partial charge is 0.468 e. The summed E-state index contributed by atoms with van der Waals surface area (Å²) < 4.78 is 10.4. The molecule has 0 aliphatic carbocycles. The summed E-state index contributed by atoms with van der Waals surface area (Å²) in [6.07, 6.45) is -0.252. The normalized spacial score (nSPS) is 20.7. The van der Waals surface area contributed by atoms with Crippen molar-refractivity contribution in [2.24, 2.45) is 10.9 Å². The van der Waals surface area contributed by atoms with Crippen LogP contribution in [0.1, 0.15) is 39.2 Å². The van der Waals surface area contributed by atoms with Crippen molar-refractivity contribution >= 4 is 17.7 Å². The molecule has 0 radical (unpaired) electrons. The monoisotopic (exact) mass is 329 g/mol. The Morgan fingerprint density at radius 1 is 1.12 bits per heavy atom. The second kappa shape index (κ2) is 7.43. The van der Waals surface area contributed by atoms with E-state index in [1.54, 1.807) is 27.7 Å². The van der Waals surface area contributed by atoms with Gasteiger partial charge in [0.1, 0.15) is 5.92 Å². The summed E-state index contributed by atoms with van der Waals surface area (Å²) in [5.41, 5.74) is 2.48. The van der Waals surface area contributed by atoms with Gasteiger partial charge in [-0.15, -0.1) is 0 Å². The van der Waals surface area contributed by atoms with Gasteiger partial charge in [0.2, 0.25) is 0 Å². The number of nitrogens with zero attached hydrogens (tertiary/aromatic N) is 1. The van der Waals surface area contributed by atoms with Crippen LogP contribution in [-0.2, 0) is 19.1 Å². The molecule has 1 aliphatic heterocycles. The molecule has 0 saturated heterocycles. The SMILES string of the molecule is COC(=O)C1C(C)=NC(C)=C(C(=O)OC(C)C)C1c1ccccc1. The molecule has 1 aliphatic rings. The van der Waals surface area contributed by atoms with E-state index in [9.17, 15) is 9.59 Å². The molecule has 0 bridgehead atoms. The Hall–Kier alpha value is -2.43. The molecule has 0 fully saturated rings. The summed E-state index contributed by atoms with van der Waals surface area (Å²) in [5.74, 6) is -1.97. The second-order valence-electron chi connectivity index (χ2n) is 6.10. The number of carbonyl (C=O) groups is 2. The van der Waals surface area contributed by atoms with Crippen LogP contribution in [0.25, 0.3) is 0 Å². The molecule has 0 aromatic heterocycles. The number of methoxy groups -OCH3 is 1. The van der Waals surface area contributed by atoms with E-state index in [1.165, 1.54) is 7.11 Å². The van der Waals surface area contributed by atoms with Crippen LogP contribution in [0.15, 0.2) is 46.6 Å². The lowest BCUT2D eigenvalue weighted by atomic mass is 9.75. The third-order valence-electron chi connectivity index (χ3n) is 4.00. The minimum atomic E-state index is -0.643. The lowest BCUT2D eigenvalue weighted by molar-refractivity contribution is -0.145. The Labute approximate surface area is 142 Å². The maximum atomic E-state index is 12.7. The molecule has 0 saturated carbocycles. The highest BCUT2D eigenvalue weighted by Crippen LogP contribution is 2.40. The van der Waals surface area contributed by atoms with Gasteiger partial charge in [-0.25, -0.2) is 4.79 Å². The molecule has 2 atom stereocenters. The third-order valence-corrected chi connectivity index (χ3v) is 4.00. The lowest BCUT2D eigenvalue weighted by Crippen LogP contribution is -2.36. The van der Waals surface area contributed by atoms with Crippen molar-refractivity contribution in [1.29, 1.82) is 0 Å². The molecule has 24 heavy (non-hydrogen) atoms. The minimum Gasteiger partial charge on any atom is -0.468 e. The average Bonchev–Trinajstić information content (AvgIpc) is 2.53. The highest BCUT2D eigenvalue weighted by atomic mass is 16.5. The molecule has 0 spiro atoms. The van der Waals surface area contributed by atoms with E-state index < -0.39 is 23.8 Å². The number of esters is 2. The van der Waals surface area contributed by atoms with Crippen LogP contribution in [-0.4, -0.2) is 30.9 Å². The second-order valence-corrected chi connectivity index (χ2v) is 6.10. The van der Waals surface area contributed by atoms with Crippen molar-refractivity contribution in [2.75, 3.05) is 7.11 Å². The first kappa shape index (κ1) is 17.9. The highest BCUT2D eigenvalue weighted by Gasteiger charge is 2.42. The van der Waals surface area contributed by atoms with Crippen molar-refractivity contribution in [1.82, 2.24) is 0 Å². The van der Waals surface area contributed by atoms with Gasteiger partial charge in [0.05, 0.1) is 18.8 Å². The van der Waals surface area contributed by atoms with Gasteiger partial charge < -0.3 is 9.47 Å². The van der Waals surface area contributed by atoms with Gasteiger partial charge in [0.25, 0.3) is 0 Å². The number of allylic oxidation sites excluding steroid dienone is 1. The summed E-state index contributed by atoms with van der Waals surface area (Å²) in [7, 11) is 1.34. The van der Waals surface area contributed by atoms with Gasteiger partial charge >= 0.3 is 11.9 Å². The van der Waals surface area contributed by atoms with Crippen LogP contribution in [0.3, 0.4) is 0 Å². The molecular weight excluding hydrogens is 306 g/mol. The Morgan fingerprint density at radius 2 is 1.75 bits per heavy atom. The molecular formula is C19H23NO4. The van der Waals surface area contributed by atoms with Gasteiger partial charge in [-0.05, 0) is 33.3 Å². The fourth-order valence-corrected chi connectivity index (χ4v) is 3.03. The predicted molar refractivity (Wildman–Crippen MR) is 91.7 cm³/mol. The Kier molecular flexibility index (Phi) is 5.54. The van der Waals surface area contributed by atoms with Crippen molar-refractivity contribution in [3.8, 4) is 0 Å². The van der Waals surface area contributed by atoms with Crippen LogP contribution in [0.5, 0.6) is 0 Å². The van der Waals surface area contributed by atoms with Gasteiger partial charge in [-0.3, -0.25) is 9.79 Å². The van der Waals surface area contributed by atoms with Crippen LogP contribution >= 0.6 is 0 Å². The van der Waals surface area contributed by atoms with Gasteiger partial charge in [-0.2, -0.15) is 0 Å². The van der Waals surface area contributed by atoms with Crippen LogP contribution in [0.4, 0.5) is 0 Å². The number of rotatable bonds is 4. The standard InChI is InChI=1S/C19H23NO4/c1-11(2)24-19(22)16-13(4)20-12(3)15(18(21)23-5)17(16)14-9-7-6-8-10-14/h6-11,15,17H,1-5H3.